The van der Waals surface area contributed by atoms with Gasteiger partial charge in [0.15, 0.2) is 5.69 Å². The normalized spacial score (nSPS) is 14.6. The Morgan fingerprint density at radius 3 is 3.10 bits per heavy atom. The summed E-state index contributed by atoms with van der Waals surface area (Å²) in [6.07, 6.45) is 8.57. The highest BCUT2D eigenvalue weighted by Gasteiger charge is 2.20. The van der Waals surface area contributed by atoms with Gasteiger partial charge >= 0.3 is 0 Å². The maximum absolute atomic E-state index is 12.2. The molecule has 0 aromatic carbocycles. The molecule has 106 valence electrons. The molecule has 2 aromatic rings. The highest BCUT2D eigenvalue weighted by Crippen LogP contribution is 2.21. The largest absolute Gasteiger partial charge is 0.349 e. The minimum Gasteiger partial charge on any atom is -0.349 e. The predicted molar refractivity (Wildman–Crippen MR) is 72.2 cm³/mol. The molecule has 0 radical (unpaired) electrons. The molecule has 0 aliphatic heterocycles. The van der Waals surface area contributed by atoms with Gasteiger partial charge < -0.3 is 5.32 Å². The maximum atomic E-state index is 12.2. The van der Waals surface area contributed by atoms with Crippen LogP contribution in [-0.4, -0.2) is 37.4 Å². The van der Waals surface area contributed by atoms with Gasteiger partial charge in [0, 0.05) is 17.8 Å². The molecule has 0 saturated heterocycles. The zero-order valence-electron chi connectivity index (χ0n) is 11.3. The Balaban J connectivity index is 1.61. The molecule has 7 heteroatoms. The lowest BCUT2D eigenvalue weighted by Gasteiger charge is -2.05. The smallest absolute Gasteiger partial charge is 0.272 e. The van der Waals surface area contributed by atoms with Crippen LogP contribution >= 0.6 is 0 Å². The first kappa shape index (κ1) is 12.8. The van der Waals surface area contributed by atoms with Gasteiger partial charge in [-0.2, -0.15) is 10.2 Å². The van der Waals surface area contributed by atoms with Gasteiger partial charge in [-0.15, -0.1) is 0 Å². The molecule has 2 N–H and O–H groups in total. The Hall–Kier alpha value is -2.18. The van der Waals surface area contributed by atoms with E-state index in [1.165, 1.54) is 19.2 Å². The maximum Gasteiger partial charge on any atom is 0.272 e. The Kier molecular flexibility index (Phi) is 3.76. The van der Waals surface area contributed by atoms with Gasteiger partial charge in [0.05, 0.1) is 6.54 Å². The number of carbonyl (C=O) groups is 1. The number of aromatic amines is 1. The van der Waals surface area contributed by atoms with Gasteiger partial charge in [-0.3, -0.25) is 14.6 Å². The summed E-state index contributed by atoms with van der Waals surface area (Å²) in [5.74, 6) is -0.107. The summed E-state index contributed by atoms with van der Waals surface area (Å²) in [5.41, 5.74) is 2.78. The minimum absolute atomic E-state index is 0.107. The molecule has 0 fully saturated rings. The number of aromatic nitrogens is 5. The Bertz CT molecular complexity index is 574. The number of fused-ring (bicyclic) bond motifs is 1. The summed E-state index contributed by atoms with van der Waals surface area (Å²) in [6, 6.07) is 0. The number of carbonyl (C=O) groups excluding carboxylic acids is 1. The summed E-state index contributed by atoms with van der Waals surface area (Å²) in [7, 11) is 0. The molecule has 0 atom stereocenters. The molecule has 2 heterocycles. The van der Waals surface area contributed by atoms with Crippen LogP contribution in [0.5, 0.6) is 0 Å². The third-order valence-corrected chi connectivity index (χ3v) is 3.61. The average Bonchev–Trinajstić information content (AvgIpc) is 3.04. The third-order valence-electron chi connectivity index (χ3n) is 3.61. The molecular formula is C13H18N6O. The van der Waals surface area contributed by atoms with Gasteiger partial charge in [0.25, 0.3) is 5.91 Å². The van der Waals surface area contributed by atoms with Crippen molar-refractivity contribution >= 4 is 5.91 Å². The molecule has 0 unspecified atom stereocenters. The molecule has 2 aromatic heterocycles. The zero-order chi connectivity index (χ0) is 13.8. The fourth-order valence-electron chi connectivity index (χ4n) is 2.56. The van der Waals surface area contributed by atoms with Crippen LogP contribution < -0.4 is 5.32 Å². The first-order valence-corrected chi connectivity index (χ1v) is 7.01. The lowest BCUT2D eigenvalue weighted by Crippen LogP contribution is -2.28. The third kappa shape index (κ3) is 2.71. The van der Waals surface area contributed by atoms with Crippen molar-refractivity contribution in [3.63, 3.8) is 0 Å². The standard InChI is InChI=1S/C13H18N6O/c20-13(15-6-7-19-9-14-8-16-19)12-10-4-2-1-3-5-11(10)17-18-12/h8-9H,1-7H2,(H,15,20)(H,17,18). The van der Waals surface area contributed by atoms with E-state index in [2.05, 4.69) is 25.6 Å². The lowest BCUT2D eigenvalue weighted by atomic mass is 10.1. The molecule has 7 nitrogen and oxygen atoms in total. The molecule has 1 aliphatic rings. The van der Waals surface area contributed by atoms with E-state index in [0.717, 1.165) is 30.5 Å². The molecule has 20 heavy (non-hydrogen) atoms. The van der Waals surface area contributed by atoms with Crippen LogP contribution in [0, 0.1) is 0 Å². The quantitative estimate of drug-likeness (QED) is 0.803. The van der Waals surface area contributed by atoms with Crippen LogP contribution in [0.4, 0.5) is 0 Å². The van der Waals surface area contributed by atoms with E-state index in [1.807, 2.05) is 0 Å². The second kappa shape index (κ2) is 5.85. The molecule has 0 spiro atoms. The van der Waals surface area contributed by atoms with Gasteiger partial charge in [0.2, 0.25) is 0 Å². The molecule has 3 rings (SSSR count). The molecule has 0 bridgehead atoms. The van der Waals surface area contributed by atoms with Crippen molar-refractivity contribution in [2.45, 2.75) is 38.6 Å². The van der Waals surface area contributed by atoms with Crippen molar-refractivity contribution < 1.29 is 4.79 Å². The number of hydrogen-bond donors (Lipinski definition) is 2. The van der Waals surface area contributed by atoms with Crippen LogP contribution in [-0.2, 0) is 19.4 Å². The van der Waals surface area contributed by atoms with E-state index in [1.54, 1.807) is 11.0 Å². The van der Waals surface area contributed by atoms with E-state index in [4.69, 9.17) is 0 Å². The average molecular weight is 274 g/mol. The molecular weight excluding hydrogens is 256 g/mol. The highest BCUT2D eigenvalue weighted by atomic mass is 16.1. The Morgan fingerprint density at radius 1 is 1.35 bits per heavy atom. The number of H-pyrrole nitrogens is 1. The van der Waals surface area contributed by atoms with Crippen LogP contribution in [0.25, 0.3) is 0 Å². The number of amides is 1. The topological polar surface area (TPSA) is 88.5 Å². The number of aryl methyl sites for hydroxylation is 1. The van der Waals surface area contributed by atoms with Crippen LogP contribution in [0.2, 0.25) is 0 Å². The van der Waals surface area contributed by atoms with Gasteiger partial charge in [-0.25, -0.2) is 4.98 Å². The Labute approximate surface area is 116 Å². The van der Waals surface area contributed by atoms with Gasteiger partial charge in [-0.05, 0) is 25.7 Å². The van der Waals surface area contributed by atoms with Crippen LogP contribution in [0.3, 0.4) is 0 Å². The van der Waals surface area contributed by atoms with Crippen molar-refractivity contribution in [1.29, 1.82) is 0 Å². The monoisotopic (exact) mass is 274 g/mol. The summed E-state index contributed by atoms with van der Waals surface area (Å²) in [4.78, 5) is 16.0. The van der Waals surface area contributed by atoms with Crippen LogP contribution in [0.15, 0.2) is 12.7 Å². The lowest BCUT2D eigenvalue weighted by molar-refractivity contribution is 0.0946. The second-order valence-corrected chi connectivity index (χ2v) is 5.00. The first-order chi connectivity index (χ1) is 9.84. The summed E-state index contributed by atoms with van der Waals surface area (Å²) in [5, 5.41) is 14.1. The van der Waals surface area contributed by atoms with Crippen molar-refractivity contribution in [1.82, 2.24) is 30.3 Å². The van der Waals surface area contributed by atoms with Gasteiger partial charge in [-0.1, -0.05) is 6.42 Å². The highest BCUT2D eigenvalue weighted by molar-refractivity contribution is 5.93. The number of nitrogens with one attached hydrogen (secondary N) is 2. The number of hydrogen-bond acceptors (Lipinski definition) is 4. The van der Waals surface area contributed by atoms with Gasteiger partial charge in [0.1, 0.15) is 12.7 Å². The molecule has 1 aliphatic carbocycles. The Morgan fingerprint density at radius 2 is 2.25 bits per heavy atom. The van der Waals surface area contributed by atoms with Crippen molar-refractivity contribution in [2.24, 2.45) is 0 Å². The first-order valence-electron chi connectivity index (χ1n) is 7.01. The summed E-state index contributed by atoms with van der Waals surface area (Å²) < 4.78 is 1.69. The van der Waals surface area contributed by atoms with E-state index >= 15 is 0 Å². The SMILES string of the molecule is O=C(NCCn1cncn1)c1n[nH]c2c1CCCCC2. The molecule has 0 saturated carbocycles. The summed E-state index contributed by atoms with van der Waals surface area (Å²) in [6.45, 7) is 1.13. The fraction of sp³-hybridized carbons (Fsp3) is 0.538. The van der Waals surface area contributed by atoms with E-state index in [9.17, 15) is 4.79 Å². The zero-order valence-corrected chi connectivity index (χ0v) is 11.3. The van der Waals surface area contributed by atoms with Crippen LogP contribution in [0.1, 0.15) is 41.0 Å². The number of rotatable bonds is 4. The molecule has 1 amide bonds. The fourth-order valence-corrected chi connectivity index (χ4v) is 2.56. The van der Waals surface area contributed by atoms with Crippen molar-refractivity contribution in [2.75, 3.05) is 6.54 Å². The summed E-state index contributed by atoms with van der Waals surface area (Å²) >= 11 is 0. The van der Waals surface area contributed by atoms with E-state index in [0.29, 0.717) is 18.8 Å². The van der Waals surface area contributed by atoms with E-state index in [-0.39, 0.29) is 5.91 Å². The minimum atomic E-state index is -0.107. The van der Waals surface area contributed by atoms with E-state index < -0.39 is 0 Å². The second-order valence-electron chi connectivity index (χ2n) is 5.00. The van der Waals surface area contributed by atoms with Crippen molar-refractivity contribution in [3.05, 3.63) is 29.6 Å². The predicted octanol–water partition coefficient (Wildman–Crippen LogP) is 0.700. The van der Waals surface area contributed by atoms with Crippen molar-refractivity contribution in [3.8, 4) is 0 Å². The number of nitrogens with zero attached hydrogens (tertiary/aromatic N) is 4.